The molecule has 1 aromatic heterocycles. The molecule has 0 unspecified atom stereocenters. The molecule has 0 radical (unpaired) electrons. The van der Waals surface area contributed by atoms with Crippen LogP contribution in [0.15, 0.2) is 14.7 Å². The van der Waals surface area contributed by atoms with Crippen molar-refractivity contribution in [1.29, 1.82) is 0 Å². The molecule has 0 aliphatic carbocycles. The Labute approximate surface area is 83.7 Å². The molecule has 0 aromatic carbocycles. The maximum absolute atomic E-state index is 11.4. The Hall–Kier alpha value is -1.56. The van der Waals surface area contributed by atoms with Gasteiger partial charge in [0.15, 0.2) is 0 Å². The fourth-order valence-corrected chi connectivity index (χ4v) is 1.21. The standard InChI is InChI=1S/C7H8ClN3O3/c1-10-5(8)4(3-9-14)6(12)11(2)7(10)13/h3,14H,1-2H3/b9-3+. The molecule has 1 rings (SSSR count). The molecule has 0 bridgehead atoms. The van der Waals surface area contributed by atoms with Gasteiger partial charge >= 0.3 is 5.69 Å². The lowest BCUT2D eigenvalue weighted by atomic mass is 10.3. The molecule has 0 atom stereocenters. The first-order valence-corrected chi connectivity index (χ1v) is 4.01. The molecule has 0 spiro atoms. The van der Waals surface area contributed by atoms with Gasteiger partial charge in [-0.3, -0.25) is 13.9 Å². The van der Waals surface area contributed by atoms with Crippen molar-refractivity contribution in [3.05, 3.63) is 31.6 Å². The average molecular weight is 218 g/mol. The molecule has 1 heterocycles. The van der Waals surface area contributed by atoms with Crippen molar-refractivity contribution in [3.8, 4) is 0 Å². The molecule has 0 saturated carbocycles. The monoisotopic (exact) mass is 217 g/mol. The Balaban J connectivity index is 3.78. The van der Waals surface area contributed by atoms with Gasteiger partial charge in [-0.15, -0.1) is 0 Å². The first-order chi connectivity index (χ1) is 6.50. The van der Waals surface area contributed by atoms with E-state index in [0.717, 1.165) is 15.3 Å². The van der Waals surface area contributed by atoms with Crippen LogP contribution in [-0.2, 0) is 14.1 Å². The van der Waals surface area contributed by atoms with Crippen LogP contribution in [0.2, 0.25) is 5.15 Å². The van der Waals surface area contributed by atoms with Crippen molar-refractivity contribution in [2.45, 2.75) is 0 Å². The van der Waals surface area contributed by atoms with Crippen LogP contribution in [0.1, 0.15) is 5.56 Å². The van der Waals surface area contributed by atoms with Gasteiger partial charge in [0.2, 0.25) is 0 Å². The lowest BCUT2D eigenvalue weighted by Crippen LogP contribution is -2.39. The molecule has 0 saturated heterocycles. The molecule has 7 heteroatoms. The summed E-state index contributed by atoms with van der Waals surface area (Å²) in [5.74, 6) is 0. The zero-order chi connectivity index (χ0) is 10.9. The normalized spacial score (nSPS) is 11.1. The minimum atomic E-state index is -0.601. The SMILES string of the molecule is Cn1c(Cl)c(/C=N/O)c(=O)n(C)c1=O. The van der Waals surface area contributed by atoms with Gasteiger partial charge in [-0.05, 0) is 0 Å². The van der Waals surface area contributed by atoms with Crippen molar-refractivity contribution < 1.29 is 5.21 Å². The Morgan fingerprint density at radius 2 is 1.93 bits per heavy atom. The molecule has 1 N–H and O–H groups in total. The summed E-state index contributed by atoms with van der Waals surface area (Å²) in [4.78, 5) is 22.7. The van der Waals surface area contributed by atoms with Gasteiger partial charge in [0, 0.05) is 14.1 Å². The summed E-state index contributed by atoms with van der Waals surface area (Å²) < 4.78 is 1.96. The second kappa shape index (κ2) is 3.67. The Bertz CT molecular complexity index is 500. The van der Waals surface area contributed by atoms with Crippen molar-refractivity contribution in [2.75, 3.05) is 0 Å². The topological polar surface area (TPSA) is 76.6 Å². The molecule has 0 fully saturated rings. The van der Waals surface area contributed by atoms with E-state index in [0.29, 0.717) is 0 Å². The minimum absolute atomic E-state index is 0.0289. The third-order valence-corrected chi connectivity index (χ3v) is 2.27. The number of nitrogens with zero attached hydrogens (tertiary/aromatic N) is 3. The number of oxime groups is 1. The van der Waals surface area contributed by atoms with Gasteiger partial charge in [-0.1, -0.05) is 16.8 Å². The maximum Gasteiger partial charge on any atom is 0.331 e. The van der Waals surface area contributed by atoms with Gasteiger partial charge in [-0.25, -0.2) is 4.79 Å². The molecular weight excluding hydrogens is 210 g/mol. The van der Waals surface area contributed by atoms with Crippen LogP contribution in [0.3, 0.4) is 0 Å². The Kier molecular flexibility index (Phi) is 2.76. The van der Waals surface area contributed by atoms with Crippen LogP contribution in [0.4, 0.5) is 0 Å². The summed E-state index contributed by atoms with van der Waals surface area (Å²) in [6, 6.07) is 0. The second-order valence-corrected chi connectivity index (χ2v) is 3.01. The van der Waals surface area contributed by atoms with E-state index >= 15 is 0 Å². The van der Waals surface area contributed by atoms with E-state index < -0.39 is 11.2 Å². The zero-order valence-corrected chi connectivity index (χ0v) is 8.32. The highest BCUT2D eigenvalue weighted by Crippen LogP contribution is 2.05. The summed E-state index contributed by atoms with van der Waals surface area (Å²) >= 11 is 5.70. The van der Waals surface area contributed by atoms with Crippen molar-refractivity contribution in [2.24, 2.45) is 19.3 Å². The highest BCUT2D eigenvalue weighted by atomic mass is 35.5. The van der Waals surface area contributed by atoms with E-state index in [-0.39, 0.29) is 10.7 Å². The summed E-state index contributed by atoms with van der Waals surface area (Å²) in [5, 5.41) is 10.9. The highest BCUT2D eigenvalue weighted by molar-refractivity contribution is 6.31. The predicted molar refractivity (Wildman–Crippen MR) is 51.3 cm³/mol. The third kappa shape index (κ3) is 1.44. The molecule has 14 heavy (non-hydrogen) atoms. The summed E-state index contributed by atoms with van der Waals surface area (Å²) in [6.45, 7) is 0. The lowest BCUT2D eigenvalue weighted by molar-refractivity contribution is 0.321. The van der Waals surface area contributed by atoms with Gasteiger partial charge < -0.3 is 5.21 Å². The largest absolute Gasteiger partial charge is 0.411 e. The van der Waals surface area contributed by atoms with E-state index in [4.69, 9.17) is 16.8 Å². The Morgan fingerprint density at radius 3 is 2.43 bits per heavy atom. The molecule has 6 nitrogen and oxygen atoms in total. The smallest absolute Gasteiger partial charge is 0.331 e. The predicted octanol–water partition coefficient (Wildman–Crippen LogP) is -0.454. The highest BCUT2D eigenvalue weighted by Gasteiger charge is 2.11. The van der Waals surface area contributed by atoms with Crippen LogP contribution >= 0.6 is 11.6 Å². The average Bonchev–Trinajstić information content (AvgIpc) is 2.19. The number of halogens is 1. The van der Waals surface area contributed by atoms with Crippen molar-refractivity contribution in [1.82, 2.24) is 9.13 Å². The number of aromatic nitrogens is 2. The zero-order valence-electron chi connectivity index (χ0n) is 7.56. The number of rotatable bonds is 1. The molecule has 0 aliphatic rings. The van der Waals surface area contributed by atoms with Crippen LogP contribution in [0.5, 0.6) is 0 Å². The van der Waals surface area contributed by atoms with Crippen LogP contribution in [0.25, 0.3) is 0 Å². The van der Waals surface area contributed by atoms with Crippen molar-refractivity contribution >= 4 is 17.8 Å². The molecule has 0 amide bonds. The summed E-state index contributed by atoms with van der Waals surface area (Å²) in [6.07, 6.45) is 0.893. The molecule has 0 aliphatic heterocycles. The number of hydrogen-bond donors (Lipinski definition) is 1. The first kappa shape index (κ1) is 10.5. The molecule has 76 valence electrons. The van der Waals surface area contributed by atoms with Gasteiger partial charge in [0.1, 0.15) is 5.15 Å². The van der Waals surface area contributed by atoms with Gasteiger partial charge in [0.05, 0.1) is 11.8 Å². The maximum atomic E-state index is 11.4. The summed E-state index contributed by atoms with van der Waals surface area (Å²) in [5.41, 5.74) is -1.16. The second-order valence-electron chi connectivity index (χ2n) is 2.65. The van der Waals surface area contributed by atoms with E-state index in [1.807, 2.05) is 0 Å². The van der Waals surface area contributed by atoms with Crippen molar-refractivity contribution in [3.63, 3.8) is 0 Å². The molecule has 1 aromatic rings. The Morgan fingerprint density at radius 1 is 1.36 bits per heavy atom. The van der Waals surface area contributed by atoms with Gasteiger partial charge in [0.25, 0.3) is 5.56 Å². The fourth-order valence-electron chi connectivity index (χ4n) is 1.01. The van der Waals surface area contributed by atoms with E-state index in [1.165, 1.54) is 14.1 Å². The minimum Gasteiger partial charge on any atom is -0.411 e. The van der Waals surface area contributed by atoms with E-state index in [2.05, 4.69) is 5.16 Å². The van der Waals surface area contributed by atoms with E-state index in [1.54, 1.807) is 0 Å². The van der Waals surface area contributed by atoms with E-state index in [9.17, 15) is 9.59 Å². The third-order valence-electron chi connectivity index (χ3n) is 1.81. The number of hydrogen-bond acceptors (Lipinski definition) is 4. The quantitative estimate of drug-likeness (QED) is 0.300. The molecular formula is C7H8ClN3O3. The van der Waals surface area contributed by atoms with Gasteiger partial charge in [-0.2, -0.15) is 0 Å². The van der Waals surface area contributed by atoms with Crippen LogP contribution in [-0.4, -0.2) is 20.6 Å². The summed E-state index contributed by atoms with van der Waals surface area (Å²) in [7, 11) is 2.73. The first-order valence-electron chi connectivity index (χ1n) is 3.63. The van der Waals surface area contributed by atoms with Crippen LogP contribution in [0, 0.1) is 0 Å². The van der Waals surface area contributed by atoms with Crippen LogP contribution < -0.4 is 11.2 Å². The fraction of sp³-hybridized carbons (Fsp3) is 0.286. The lowest BCUT2D eigenvalue weighted by Gasteiger charge is -2.06.